The standard InChI is InChI=1S/C13H14ClN5/c1-8-9(6-18(2)17-8)7-19-12-10(14)4-3-5-11(12)16-13(19)15/h3-6H,7H2,1-2H3,(H2,15,16). The number of hydrogen-bond acceptors (Lipinski definition) is 3. The highest BCUT2D eigenvalue weighted by Crippen LogP contribution is 2.26. The molecular formula is C13H14ClN5. The molecule has 6 heteroatoms. The minimum absolute atomic E-state index is 0.464. The molecule has 0 bridgehead atoms. The molecule has 2 N–H and O–H groups in total. The lowest BCUT2D eigenvalue weighted by atomic mass is 10.2. The lowest BCUT2D eigenvalue weighted by Crippen LogP contribution is -2.05. The normalized spacial score (nSPS) is 11.3. The first kappa shape index (κ1) is 12.0. The number of anilines is 1. The minimum Gasteiger partial charge on any atom is -0.369 e. The summed E-state index contributed by atoms with van der Waals surface area (Å²) in [6.45, 7) is 2.60. The summed E-state index contributed by atoms with van der Waals surface area (Å²) in [5, 5.41) is 4.99. The number of nitrogens with two attached hydrogens (primary N) is 1. The quantitative estimate of drug-likeness (QED) is 0.781. The van der Waals surface area contributed by atoms with Crippen LogP contribution in [0.3, 0.4) is 0 Å². The molecule has 0 saturated heterocycles. The van der Waals surface area contributed by atoms with Crippen LogP contribution in [-0.4, -0.2) is 19.3 Å². The van der Waals surface area contributed by atoms with E-state index in [2.05, 4.69) is 10.1 Å². The molecule has 0 unspecified atom stereocenters. The third-order valence-corrected chi connectivity index (χ3v) is 3.50. The van der Waals surface area contributed by atoms with Crippen molar-refractivity contribution < 1.29 is 0 Å². The van der Waals surface area contributed by atoms with Crippen molar-refractivity contribution in [3.8, 4) is 0 Å². The Morgan fingerprint density at radius 3 is 2.84 bits per heavy atom. The van der Waals surface area contributed by atoms with Crippen LogP contribution in [-0.2, 0) is 13.6 Å². The maximum absolute atomic E-state index is 6.25. The summed E-state index contributed by atoms with van der Waals surface area (Å²) < 4.78 is 3.71. The molecular weight excluding hydrogens is 262 g/mol. The van der Waals surface area contributed by atoms with Crippen LogP contribution in [0.25, 0.3) is 11.0 Å². The van der Waals surface area contributed by atoms with Crippen molar-refractivity contribution in [1.82, 2.24) is 19.3 Å². The van der Waals surface area contributed by atoms with Crippen LogP contribution in [0.4, 0.5) is 5.95 Å². The molecule has 98 valence electrons. The molecule has 3 aromatic rings. The van der Waals surface area contributed by atoms with Gasteiger partial charge in [0.15, 0.2) is 0 Å². The van der Waals surface area contributed by atoms with Crippen molar-refractivity contribution in [3.63, 3.8) is 0 Å². The molecule has 0 aliphatic carbocycles. The van der Waals surface area contributed by atoms with E-state index in [0.29, 0.717) is 17.5 Å². The number of halogens is 1. The van der Waals surface area contributed by atoms with Crippen LogP contribution in [0.1, 0.15) is 11.3 Å². The summed E-state index contributed by atoms with van der Waals surface area (Å²) in [6.07, 6.45) is 1.98. The molecule has 0 fully saturated rings. The number of imidazole rings is 1. The molecule has 2 heterocycles. The molecule has 19 heavy (non-hydrogen) atoms. The van der Waals surface area contributed by atoms with Gasteiger partial charge in [0, 0.05) is 18.8 Å². The number of nitrogens with zero attached hydrogens (tertiary/aromatic N) is 4. The smallest absolute Gasteiger partial charge is 0.201 e. The fourth-order valence-corrected chi connectivity index (χ4v) is 2.57. The predicted octanol–water partition coefficient (Wildman–Crippen LogP) is 2.36. The van der Waals surface area contributed by atoms with E-state index in [0.717, 1.165) is 22.3 Å². The Balaban J connectivity index is 2.15. The topological polar surface area (TPSA) is 61.7 Å². The van der Waals surface area contributed by atoms with Crippen molar-refractivity contribution >= 4 is 28.6 Å². The summed E-state index contributed by atoms with van der Waals surface area (Å²) in [6, 6.07) is 5.62. The average molecular weight is 276 g/mol. The number of fused-ring (bicyclic) bond motifs is 1. The molecule has 2 aromatic heterocycles. The van der Waals surface area contributed by atoms with E-state index in [4.69, 9.17) is 17.3 Å². The zero-order chi connectivity index (χ0) is 13.6. The highest BCUT2D eigenvalue weighted by atomic mass is 35.5. The number of hydrogen-bond donors (Lipinski definition) is 1. The van der Waals surface area contributed by atoms with Gasteiger partial charge in [0.1, 0.15) is 0 Å². The second kappa shape index (κ2) is 4.28. The Morgan fingerprint density at radius 1 is 1.37 bits per heavy atom. The average Bonchev–Trinajstić information content (AvgIpc) is 2.82. The Labute approximate surface area is 115 Å². The Morgan fingerprint density at radius 2 is 2.16 bits per heavy atom. The van der Waals surface area contributed by atoms with E-state index in [1.165, 1.54) is 0 Å². The van der Waals surface area contributed by atoms with Crippen LogP contribution in [0.2, 0.25) is 5.02 Å². The van der Waals surface area contributed by atoms with E-state index in [9.17, 15) is 0 Å². The number of para-hydroxylation sites is 1. The van der Waals surface area contributed by atoms with Gasteiger partial charge in [-0.25, -0.2) is 4.98 Å². The Bertz CT molecular complexity index is 756. The summed E-state index contributed by atoms with van der Waals surface area (Å²) >= 11 is 6.25. The molecule has 0 aliphatic rings. The molecule has 1 aromatic carbocycles. The minimum atomic E-state index is 0.464. The van der Waals surface area contributed by atoms with E-state index in [1.807, 2.05) is 42.9 Å². The highest BCUT2D eigenvalue weighted by molar-refractivity contribution is 6.35. The first-order chi connectivity index (χ1) is 9.06. The maximum atomic E-state index is 6.25. The molecule has 0 amide bonds. The second-order valence-electron chi connectivity index (χ2n) is 4.58. The monoisotopic (exact) mass is 275 g/mol. The third-order valence-electron chi connectivity index (χ3n) is 3.19. The van der Waals surface area contributed by atoms with Gasteiger partial charge in [0.05, 0.1) is 28.3 Å². The van der Waals surface area contributed by atoms with Gasteiger partial charge in [-0.2, -0.15) is 5.10 Å². The van der Waals surface area contributed by atoms with Gasteiger partial charge in [0.2, 0.25) is 5.95 Å². The van der Waals surface area contributed by atoms with Gasteiger partial charge >= 0.3 is 0 Å². The fraction of sp³-hybridized carbons (Fsp3) is 0.231. The molecule has 5 nitrogen and oxygen atoms in total. The highest BCUT2D eigenvalue weighted by Gasteiger charge is 2.13. The first-order valence-electron chi connectivity index (χ1n) is 5.95. The van der Waals surface area contributed by atoms with Crippen LogP contribution in [0.15, 0.2) is 24.4 Å². The van der Waals surface area contributed by atoms with Crippen LogP contribution in [0.5, 0.6) is 0 Å². The maximum Gasteiger partial charge on any atom is 0.201 e. The number of aryl methyl sites for hydroxylation is 2. The number of aromatic nitrogens is 4. The van der Waals surface area contributed by atoms with Crippen molar-refractivity contribution in [3.05, 3.63) is 40.7 Å². The number of nitrogen functional groups attached to an aromatic ring is 1. The zero-order valence-corrected chi connectivity index (χ0v) is 11.5. The van der Waals surface area contributed by atoms with E-state index in [-0.39, 0.29) is 0 Å². The molecule has 0 spiro atoms. The van der Waals surface area contributed by atoms with Crippen molar-refractivity contribution in [1.29, 1.82) is 0 Å². The van der Waals surface area contributed by atoms with Crippen molar-refractivity contribution in [2.75, 3.05) is 5.73 Å². The second-order valence-corrected chi connectivity index (χ2v) is 4.98. The fourth-order valence-electron chi connectivity index (χ4n) is 2.29. The van der Waals surface area contributed by atoms with Crippen LogP contribution < -0.4 is 5.73 Å². The lowest BCUT2D eigenvalue weighted by Gasteiger charge is -2.06. The predicted molar refractivity (Wildman–Crippen MR) is 76.2 cm³/mol. The van der Waals surface area contributed by atoms with E-state index < -0.39 is 0 Å². The SMILES string of the molecule is Cc1nn(C)cc1Cn1c(N)nc2cccc(Cl)c21. The van der Waals surface area contributed by atoms with Crippen molar-refractivity contribution in [2.24, 2.45) is 7.05 Å². The van der Waals surface area contributed by atoms with Gasteiger partial charge in [-0.05, 0) is 19.1 Å². The summed E-state index contributed by atoms with van der Waals surface area (Å²) in [4.78, 5) is 4.34. The van der Waals surface area contributed by atoms with Crippen LogP contribution >= 0.6 is 11.6 Å². The third kappa shape index (κ3) is 1.96. The van der Waals surface area contributed by atoms with E-state index in [1.54, 1.807) is 4.68 Å². The molecule has 0 atom stereocenters. The number of rotatable bonds is 2. The van der Waals surface area contributed by atoms with Gasteiger partial charge in [-0.15, -0.1) is 0 Å². The van der Waals surface area contributed by atoms with Gasteiger partial charge in [0.25, 0.3) is 0 Å². The zero-order valence-electron chi connectivity index (χ0n) is 10.8. The number of benzene rings is 1. The summed E-state index contributed by atoms with van der Waals surface area (Å²) in [7, 11) is 1.90. The lowest BCUT2D eigenvalue weighted by molar-refractivity contribution is 0.756. The Kier molecular flexibility index (Phi) is 2.71. The van der Waals surface area contributed by atoms with Gasteiger partial charge in [-0.1, -0.05) is 17.7 Å². The molecule has 3 rings (SSSR count). The van der Waals surface area contributed by atoms with Gasteiger partial charge < -0.3 is 10.3 Å². The largest absolute Gasteiger partial charge is 0.369 e. The summed E-state index contributed by atoms with van der Waals surface area (Å²) in [5.74, 6) is 0.464. The molecule has 0 aliphatic heterocycles. The van der Waals surface area contributed by atoms with E-state index >= 15 is 0 Å². The summed E-state index contributed by atoms with van der Waals surface area (Å²) in [5.41, 5.74) is 9.76. The Hall–Kier alpha value is -2.01. The van der Waals surface area contributed by atoms with Gasteiger partial charge in [-0.3, -0.25) is 4.68 Å². The first-order valence-corrected chi connectivity index (χ1v) is 6.33. The molecule has 0 radical (unpaired) electrons. The van der Waals surface area contributed by atoms with Crippen molar-refractivity contribution in [2.45, 2.75) is 13.5 Å². The van der Waals surface area contributed by atoms with Crippen LogP contribution in [0, 0.1) is 6.92 Å². The molecule has 0 saturated carbocycles.